The fourth-order valence-corrected chi connectivity index (χ4v) is 1.69. The molecule has 2 rings (SSSR count). The SMILES string of the molecule is Cc1c(O)nc(-c2ncc(Cl)cc2Cl)[nH]c1=O. The highest BCUT2D eigenvalue weighted by Gasteiger charge is 2.12. The summed E-state index contributed by atoms with van der Waals surface area (Å²) in [6, 6.07) is 1.47. The molecule has 0 atom stereocenters. The third-order valence-corrected chi connectivity index (χ3v) is 2.65. The Kier molecular flexibility index (Phi) is 3.04. The van der Waals surface area contributed by atoms with Gasteiger partial charge in [-0.05, 0) is 13.0 Å². The maximum absolute atomic E-state index is 11.5. The lowest BCUT2D eigenvalue weighted by atomic mass is 10.3. The van der Waals surface area contributed by atoms with Crippen LogP contribution in [0.25, 0.3) is 11.5 Å². The quantitative estimate of drug-likeness (QED) is 0.833. The molecule has 5 nitrogen and oxygen atoms in total. The first-order chi connectivity index (χ1) is 7.99. The van der Waals surface area contributed by atoms with E-state index in [1.807, 2.05) is 0 Å². The zero-order valence-corrected chi connectivity index (χ0v) is 10.2. The first-order valence-corrected chi connectivity index (χ1v) is 5.36. The lowest BCUT2D eigenvalue weighted by molar-refractivity contribution is 0.447. The molecule has 2 aromatic rings. The molecule has 0 aliphatic rings. The molecule has 0 radical (unpaired) electrons. The average molecular weight is 272 g/mol. The van der Waals surface area contributed by atoms with Crippen molar-refractivity contribution in [3.8, 4) is 17.4 Å². The van der Waals surface area contributed by atoms with Crippen LogP contribution < -0.4 is 5.56 Å². The summed E-state index contributed by atoms with van der Waals surface area (Å²) in [4.78, 5) is 21.7. The standard InChI is InChI=1S/C10H7Cl2N3O2/c1-4-9(16)14-8(15-10(4)17)7-6(12)2-5(11)3-13-7/h2-3H,1H3,(H2,14,15,16,17). The highest BCUT2D eigenvalue weighted by molar-refractivity contribution is 6.35. The number of pyridine rings is 1. The zero-order valence-electron chi connectivity index (χ0n) is 8.66. The molecule has 0 aromatic carbocycles. The second-order valence-electron chi connectivity index (χ2n) is 3.35. The van der Waals surface area contributed by atoms with Crippen molar-refractivity contribution in [3.63, 3.8) is 0 Å². The predicted octanol–water partition coefficient (Wildman–Crippen LogP) is 2.15. The van der Waals surface area contributed by atoms with Crippen molar-refractivity contribution in [3.05, 3.63) is 38.2 Å². The van der Waals surface area contributed by atoms with Crippen molar-refractivity contribution >= 4 is 23.2 Å². The predicted molar refractivity (Wildman–Crippen MR) is 64.5 cm³/mol. The van der Waals surface area contributed by atoms with E-state index in [1.165, 1.54) is 19.2 Å². The van der Waals surface area contributed by atoms with Crippen molar-refractivity contribution < 1.29 is 5.11 Å². The first-order valence-electron chi connectivity index (χ1n) is 4.60. The van der Waals surface area contributed by atoms with E-state index < -0.39 is 5.56 Å². The molecule has 2 N–H and O–H groups in total. The molecule has 17 heavy (non-hydrogen) atoms. The van der Waals surface area contributed by atoms with Gasteiger partial charge in [-0.25, -0.2) is 4.98 Å². The van der Waals surface area contributed by atoms with Crippen LogP contribution in [-0.4, -0.2) is 20.1 Å². The Bertz CT molecular complexity index is 640. The molecule has 0 fully saturated rings. The van der Waals surface area contributed by atoms with Crippen LogP contribution in [0.1, 0.15) is 5.56 Å². The molecule has 0 aliphatic carbocycles. The fourth-order valence-electron chi connectivity index (χ4n) is 1.22. The minimum atomic E-state index is -0.444. The van der Waals surface area contributed by atoms with Crippen molar-refractivity contribution in [2.24, 2.45) is 0 Å². The summed E-state index contributed by atoms with van der Waals surface area (Å²) >= 11 is 11.6. The number of aromatic hydroxyl groups is 1. The summed E-state index contributed by atoms with van der Waals surface area (Å²) in [5.41, 5.74) is -0.0531. The number of rotatable bonds is 1. The minimum Gasteiger partial charge on any atom is -0.493 e. The van der Waals surface area contributed by atoms with Gasteiger partial charge in [0, 0.05) is 6.20 Å². The van der Waals surface area contributed by atoms with Crippen LogP contribution in [0.3, 0.4) is 0 Å². The van der Waals surface area contributed by atoms with Gasteiger partial charge in [0.25, 0.3) is 5.56 Å². The number of H-pyrrole nitrogens is 1. The van der Waals surface area contributed by atoms with Crippen LogP contribution in [0.2, 0.25) is 10.0 Å². The Hall–Kier alpha value is -1.59. The Balaban J connectivity index is 2.65. The van der Waals surface area contributed by atoms with Gasteiger partial charge in [-0.15, -0.1) is 0 Å². The Labute approximate surface area is 106 Å². The maximum atomic E-state index is 11.5. The van der Waals surface area contributed by atoms with Gasteiger partial charge in [0.1, 0.15) is 5.69 Å². The van der Waals surface area contributed by atoms with Crippen molar-refractivity contribution in [2.75, 3.05) is 0 Å². The van der Waals surface area contributed by atoms with Crippen LogP contribution in [-0.2, 0) is 0 Å². The molecular weight excluding hydrogens is 265 g/mol. The molecule has 0 unspecified atom stereocenters. The van der Waals surface area contributed by atoms with E-state index in [9.17, 15) is 9.90 Å². The van der Waals surface area contributed by atoms with Crippen molar-refractivity contribution in [2.45, 2.75) is 6.92 Å². The normalized spacial score (nSPS) is 10.5. The third-order valence-electron chi connectivity index (χ3n) is 2.16. The summed E-state index contributed by atoms with van der Waals surface area (Å²) < 4.78 is 0. The van der Waals surface area contributed by atoms with Crippen molar-refractivity contribution in [1.29, 1.82) is 0 Å². The summed E-state index contributed by atoms with van der Waals surface area (Å²) in [6.45, 7) is 1.46. The summed E-state index contributed by atoms with van der Waals surface area (Å²) in [5.74, 6) is -0.253. The smallest absolute Gasteiger partial charge is 0.257 e. The van der Waals surface area contributed by atoms with E-state index in [1.54, 1.807) is 0 Å². The summed E-state index contributed by atoms with van der Waals surface area (Å²) in [6.07, 6.45) is 1.37. The van der Waals surface area contributed by atoms with Gasteiger partial charge in [-0.2, -0.15) is 4.98 Å². The van der Waals surface area contributed by atoms with Crippen molar-refractivity contribution in [1.82, 2.24) is 15.0 Å². The fraction of sp³-hybridized carbons (Fsp3) is 0.100. The minimum absolute atomic E-state index is 0.0970. The second-order valence-corrected chi connectivity index (χ2v) is 4.19. The van der Waals surface area contributed by atoms with Gasteiger partial charge in [0.05, 0.1) is 15.6 Å². The van der Waals surface area contributed by atoms with Gasteiger partial charge in [0.15, 0.2) is 5.82 Å². The van der Waals surface area contributed by atoms with Crippen LogP contribution in [0, 0.1) is 6.92 Å². The molecule has 0 spiro atoms. The first kappa shape index (κ1) is 11.9. The van der Waals surface area contributed by atoms with E-state index in [0.717, 1.165) is 0 Å². The van der Waals surface area contributed by atoms with E-state index in [-0.39, 0.29) is 28.0 Å². The lowest BCUT2D eigenvalue weighted by Crippen LogP contribution is -2.12. The molecule has 2 heterocycles. The number of halogens is 2. The monoisotopic (exact) mass is 271 g/mol. The molecule has 7 heteroatoms. The van der Waals surface area contributed by atoms with E-state index in [2.05, 4.69) is 15.0 Å². The Morgan fingerprint density at radius 1 is 1.41 bits per heavy atom. The number of hydrogen-bond donors (Lipinski definition) is 2. The second kappa shape index (κ2) is 4.35. The number of aromatic nitrogens is 3. The topological polar surface area (TPSA) is 78.9 Å². The maximum Gasteiger partial charge on any atom is 0.257 e. The highest BCUT2D eigenvalue weighted by atomic mass is 35.5. The van der Waals surface area contributed by atoms with Crippen LogP contribution >= 0.6 is 23.2 Å². The molecule has 2 aromatic heterocycles. The molecule has 88 valence electrons. The average Bonchev–Trinajstić information content (AvgIpc) is 2.25. The Morgan fingerprint density at radius 3 is 2.71 bits per heavy atom. The van der Waals surface area contributed by atoms with E-state index in [0.29, 0.717) is 5.02 Å². The molecule has 0 saturated carbocycles. The number of nitrogens with zero attached hydrogens (tertiary/aromatic N) is 2. The molecule has 0 amide bonds. The number of hydrogen-bond acceptors (Lipinski definition) is 4. The molecule has 0 saturated heterocycles. The van der Waals surface area contributed by atoms with E-state index >= 15 is 0 Å². The van der Waals surface area contributed by atoms with Gasteiger partial charge in [0.2, 0.25) is 5.88 Å². The molecular formula is C10H7Cl2N3O2. The summed E-state index contributed by atoms with van der Waals surface area (Å²) in [5, 5.41) is 10.1. The summed E-state index contributed by atoms with van der Waals surface area (Å²) in [7, 11) is 0. The Morgan fingerprint density at radius 2 is 2.12 bits per heavy atom. The largest absolute Gasteiger partial charge is 0.493 e. The highest BCUT2D eigenvalue weighted by Crippen LogP contribution is 2.25. The van der Waals surface area contributed by atoms with Gasteiger partial charge < -0.3 is 10.1 Å². The van der Waals surface area contributed by atoms with Gasteiger partial charge in [-0.3, -0.25) is 4.79 Å². The van der Waals surface area contributed by atoms with Gasteiger partial charge in [-0.1, -0.05) is 23.2 Å². The third kappa shape index (κ3) is 2.25. The number of nitrogens with one attached hydrogen (secondary N) is 1. The lowest BCUT2D eigenvalue weighted by Gasteiger charge is -2.04. The van der Waals surface area contributed by atoms with Crippen LogP contribution in [0.4, 0.5) is 0 Å². The van der Waals surface area contributed by atoms with Crippen LogP contribution in [0.15, 0.2) is 17.1 Å². The number of aromatic amines is 1. The molecule has 0 bridgehead atoms. The molecule has 0 aliphatic heterocycles. The van der Waals surface area contributed by atoms with Gasteiger partial charge >= 0.3 is 0 Å². The van der Waals surface area contributed by atoms with Crippen LogP contribution in [0.5, 0.6) is 5.88 Å². The zero-order chi connectivity index (χ0) is 12.6. The van der Waals surface area contributed by atoms with E-state index in [4.69, 9.17) is 23.2 Å².